The Morgan fingerprint density at radius 1 is 1.12 bits per heavy atom. The van der Waals surface area contributed by atoms with Crippen LogP contribution in [0, 0.1) is 0 Å². The second-order valence-electron chi connectivity index (χ2n) is 5.29. The van der Waals surface area contributed by atoms with Gasteiger partial charge in [0.1, 0.15) is 6.61 Å². The Bertz CT molecular complexity index is 833. The van der Waals surface area contributed by atoms with E-state index in [1.807, 2.05) is 12.3 Å². The van der Waals surface area contributed by atoms with Gasteiger partial charge in [0.2, 0.25) is 0 Å². The molecule has 2 aromatic rings. The van der Waals surface area contributed by atoms with Crippen molar-refractivity contribution in [2.24, 2.45) is 0 Å². The fraction of sp³-hybridized carbons (Fsp3) is 0.167. The van der Waals surface area contributed by atoms with E-state index < -0.39 is 5.97 Å². The second-order valence-corrected chi connectivity index (χ2v) is 6.58. The molecule has 0 radical (unpaired) electrons. The van der Waals surface area contributed by atoms with Crippen LogP contribution in [0.5, 0.6) is 0 Å². The minimum Gasteiger partial charge on any atom is -0.460 e. The van der Waals surface area contributed by atoms with Crippen LogP contribution in [-0.4, -0.2) is 42.1 Å². The molecule has 0 spiro atoms. The molecule has 5 nitrogen and oxygen atoms in total. The predicted octanol–water partition coefficient (Wildman–Crippen LogP) is 3.51. The number of halogens is 1. The van der Waals surface area contributed by atoms with Crippen LogP contribution >= 0.6 is 23.4 Å². The molecule has 0 aromatic heterocycles. The van der Waals surface area contributed by atoms with Gasteiger partial charge in [-0.15, -0.1) is 11.8 Å². The third-order valence-electron chi connectivity index (χ3n) is 3.82. The zero-order valence-electron chi connectivity index (χ0n) is 13.3. The van der Waals surface area contributed by atoms with Crippen LogP contribution in [0.15, 0.2) is 47.4 Å². The fourth-order valence-corrected chi connectivity index (χ4v) is 3.17. The van der Waals surface area contributed by atoms with Crippen LogP contribution in [0.4, 0.5) is 0 Å². The molecule has 0 atom stereocenters. The molecule has 1 aliphatic rings. The SMILES string of the molecule is CSc1ccc(Cl)c(C(=O)OCCN2C(=O)c3ccccc3C2=O)c1. The maximum absolute atomic E-state index is 12.2. The van der Waals surface area contributed by atoms with Crippen molar-refractivity contribution in [1.29, 1.82) is 0 Å². The van der Waals surface area contributed by atoms with Gasteiger partial charge in [-0.25, -0.2) is 4.79 Å². The van der Waals surface area contributed by atoms with Gasteiger partial charge in [-0.05, 0) is 36.6 Å². The summed E-state index contributed by atoms with van der Waals surface area (Å²) in [5.74, 6) is -1.34. The smallest absolute Gasteiger partial charge is 0.339 e. The van der Waals surface area contributed by atoms with Gasteiger partial charge in [-0.2, -0.15) is 0 Å². The molecule has 0 saturated heterocycles. The maximum Gasteiger partial charge on any atom is 0.339 e. The Hall–Kier alpha value is -2.31. The number of imide groups is 1. The third-order valence-corrected chi connectivity index (χ3v) is 4.87. The van der Waals surface area contributed by atoms with Gasteiger partial charge in [-0.1, -0.05) is 23.7 Å². The van der Waals surface area contributed by atoms with Crippen molar-refractivity contribution in [3.8, 4) is 0 Å². The Morgan fingerprint density at radius 3 is 2.36 bits per heavy atom. The van der Waals surface area contributed by atoms with Crippen molar-refractivity contribution < 1.29 is 19.1 Å². The Morgan fingerprint density at radius 2 is 1.76 bits per heavy atom. The van der Waals surface area contributed by atoms with E-state index in [2.05, 4.69) is 0 Å². The van der Waals surface area contributed by atoms with Crippen LogP contribution in [-0.2, 0) is 4.74 Å². The van der Waals surface area contributed by atoms with Gasteiger partial charge >= 0.3 is 5.97 Å². The van der Waals surface area contributed by atoms with Crippen molar-refractivity contribution in [2.45, 2.75) is 4.90 Å². The highest BCUT2D eigenvalue weighted by Crippen LogP contribution is 2.24. The number of nitrogens with zero attached hydrogens (tertiary/aromatic N) is 1. The number of benzene rings is 2. The van der Waals surface area contributed by atoms with Gasteiger partial charge in [0.05, 0.1) is 28.3 Å². The first-order valence-corrected chi connectivity index (χ1v) is 9.09. The average molecular weight is 376 g/mol. The van der Waals surface area contributed by atoms with Crippen LogP contribution in [0.25, 0.3) is 0 Å². The summed E-state index contributed by atoms with van der Waals surface area (Å²) >= 11 is 7.52. The van der Waals surface area contributed by atoms with Gasteiger partial charge in [0.15, 0.2) is 0 Å². The number of esters is 1. The number of thioether (sulfide) groups is 1. The molecule has 2 aromatic carbocycles. The van der Waals surface area contributed by atoms with Crippen molar-refractivity contribution in [1.82, 2.24) is 4.90 Å². The van der Waals surface area contributed by atoms with Crippen molar-refractivity contribution in [3.63, 3.8) is 0 Å². The van der Waals surface area contributed by atoms with Gasteiger partial charge in [0.25, 0.3) is 11.8 Å². The zero-order valence-corrected chi connectivity index (χ0v) is 14.9. The molecule has 25 heavy (non-hydrogen) atoms. The summed E-state index contributed by atoms with van der Waals surface area (Å²) in [5, 5.41) is 0.295. The lowest BCUT2D eigenvalue weighted by Crippen LogP contribution is -2.33. The number of fused-ring (bicyclic) bond motifs is 1. The molecule has 1 aliphatic heterocycles. The minimum absolute atomic E-state index is 0.00206. The fourth-order valence-electron chi connectivity index (χ4n) is 2.54. The summed E-state index contributed by atoms with van der Waals surface area (Å²) < 4.78 is 5.19. The monoisotopic (exact) mass is 375 g/mol. The average Bonchev–Trinajstić information content (AvgIpc) is 2.87. The highest BCUT2D eigenvalue weighted by Gasteiger charge is 2.34. The normalized spacial score (nSPS) is 13.1. The summed E-state index contributed by atoms with van der Waals surface area (Å²) in [7, 11) is 0. The van der Waals surface area contributed by atoms with Crippen molar-refractivity contribution in [3.05, 3.63) is 64.2 Å². The topological polar surface area (TPSA) is 63.7 Å². The quantitative estimate of drug-likeness (QED) is 0.454. The molecule has 0 bridgehead atoms. The van der Waals surface area contributed by atoms with Gasteiger partial charge in [0, 0.05) is 4.90 Å². The molecule has 0 N–H and O–H groups in total. The molecular weight excluding hydrogens is 362 g/mol. The van der Waals surface area contributed by atoms with E-state index in [-0.39, 0.29) is 30.5 Å². The molecule has 0 fully saturated rings. The highest BCUT2D eigenvalue weighted by atomic mass is 35.5. The van der Waals surface area contributed by atoms with Crippen LogP contribution in [0.3, 0.4) is 0 Å². The molecule has 7 heteroatoms. The Kier molecular flexibility index (Phi) is 5.11. The maximum atomic E-state index is 12.2. The lowest BCUT2D eigenvalue weighted by molar-refractivity contribution is 0.0420. The molecule has 0 aliphatic carbocycles. The number of carbonyl (C=O) groups is 3. The summed E-state index contributed by atoms with van der Waals surface area (Å²) in [6.07, 6.45) is 1.89. The van der Waals surface area contributed by atoms with Crippen LogP contribution in [0.1, 0.15) is 31.1 Å². The van der Waals surface area contributed by atoms with E-state index in [1.54, 1.807) is 36.4 Å². The number of ether oxygens (including phenoxy) is 1. The van der Waals surface area contributed by atoms with Crippen molar-refractivity contribution in [2.75, 3.05) is 19.4 Å². The lowest BCUT2D eigenvalue weighted by Gasteiger charge is -2.14. The van der Waals surface area contributed by atoms with Gasteiger partial charge < -0.3 is 4.74 Å². The second kappa shape index (κ2) is 7.29. The van der Waals surface area contributed by atoms with Crippen molar-refractivity contribution >= 4 is 41.1 Å². The molecule has 3 rings (SSSR count). The Labute approximate surface area is 153 Å². The van der Waals surface area contributed by atoms with Crippen LogP contribution < -0.4 is 0 Å². The van der Waals surface area contributed by atoms with E-state index in [1.165, 1.54) is 11.8 Å². The molecular formula is C18H14ClNO4S. The molecule has 0 saturated carbocycles. The third kappa shape index (κ3) is 3.41. The summed E-state index contributed by atoms with van der Waals surface area (Å²) in [4.78, 5) is 38.6. The Balaban J connectivity index is 1.63. The first kappa shape index (κ1) is 17.5. The summed E-state index contributed by atoms with van der Waals surface area (Å²) in [6, 6.07) is 11.7. The van der Waals surface area contributed by atoms with E-state index in [4.69, 9.17) is 16.3 Å². The standard InChI is InChI=1S/C18H14ClNO4S/c1-25-11-6-7-15(19)14(10-11)18(23)24-9-8-20-16(21)12-4-2-3-5-13(12)17(20)22/h2-7,10H,8-9H2,1H3. The number of hydrogen-bond acceptors (Lipinski definition) is 5. The molecule has 128 valence electrons. The first-order valence-electron chi connectivity index (χ1n) is 7.49. The highest BCUT2D eigenvalue weighted by molar-refractivity contribution is 7.98. The van der Waals surface area contributed by atoms with E-state index in [0.717, 1.165) is 9.80 Å². The largest absolute Gasteiger partial charge is 0.460 e. The number of hydrogen-bond donors (Lipinski definition) is 0. The number of amides is 2. The number of rotatable bonds is 5. The number of carbonyl (C=O) groups excluding carboxylic acids is 3. The zero-order chi connectivity index (χ0) is 18.0. The van der Waals surface area contributed by atoms with Crippen LogP contribution in [0.2, 0.25) is 5.02 Å². The van der Waals surface area contributed by atoms with Gasteiger partial charge in [-0.3, -0.25) is 14.5 Å². The minimum atomic E-state index is -0.586. The lowest BCUT2D eigenvalue weighted by atomic mass is 10.1. The van der Waals surface area contributed by atoms with E-state index in [9.17, 15) is 14.4 Å². The summed E-state index contributed by atoms with van der Waals surface area (Å²) in [5.41, 5.74) is 1.000. The predicted molar refractivity (Wildman–Crippen MR) is 95.3 cm³/mol. The van der Waals surface area contributed by atoms with E-state index >= 15 is 0 Å². The summed E-state index contributed by atoms with van der Waals surface area (Å²) in [6.45, 7) is -0.0952. The molecule has 2 amide bonds. The van der Waals surface area contributed by atoms with E-state index in [0.29, 0.717) is 16.1 Å². The molecule has 1 heterocycles. The molecule has 0 unspecified atom stereocenters. The first-order chi connectivity index (χ1) is 12.0.